The molecule has 10 heteroatoms. The van der Waals surface area contributed by atoms with Crippen molar-refractivity contribution in [1.82, 2.24) is 0 Å². The van der Waals surface area contributed by atoms with E-state index >= 15 is 0 Å². The number of rotatable bonds is 12. The van der Waals surface area contributed by atoms with Crippen LogP contribution in [0.2, 0.25) is 10.0 Å². The maximum atomic E-state index is 12.2. The number of carbonyl (C=O) groups is 1. The van der Waals surface area contributed by atoms with E-state index in [4.69, 9.17) is 27.9 Å². The number of carbonyl (C=O) groups excluding carboxylic acids is 1. The van der Waals surface area contributed by atoms with Gasteiger partial charge in [0.2, 0.25) is 0 Å². The number of ether oxygens (including phenoxy) is 1. The molecule has 2 aromatic rings. The average molecular weight is 476 g/mol. The highest BCUT2D eigenvalue weighted by molar-refractivity contribution is 8.76. The number of hydrogen-bond acceptors (Lipinski definition) is 7. The van der Waals surface area contributed by atoms with Gasteiger partial charge in [-0.15, -0.1) is 10.1 Å². The Morgan fingerprint density at radius 1 is 0.966 bits per heavy atom. The van der Waals surface area contributed by atoms with Crippen LogP contribution in [0.15, 0.2) is 42.5 Å². The van der Waals surface area contributed by atoms with Gasteiger partial charge in [-0.25, -0.2) is 0 Å². The van der Waals surface area contributed by atoms with Crippen LogP contribution in [-0.4, -0.2) is 35.8 Å². The lowest BCUT2D eigenvalue weighted by molar-refractivity contribution is -0.756. The van der Waals surface area contributed by atoms with Crippen molar-refractivity contribution >= 4 is 50.8 Å². The van der Waals surface area contributed by atoms with Crippen LogP contribution in [-0.2, 0) is 27.2 Å². The molecule has 0 amide bonds. The normalized spacial score (nSPS) is 10.6. The first kappa shape index (κ1) is 23.7. The van der Waals surface area contributed by atoms with Crippen LogP contribution in [0, 0.1) is 10.1 Å². The lowest BCUT2D eigenvalue weighted by Gasteiger charge is -2.12. The van der Waals surface area contributed by atoms with E-state index in [2.05, 4.69) is 4.84 Å². The van der Waals surface area contributed by atoms with Gasteiger partial charge in [0.05, 0.1) is 6.42 Å². The molecule has 0 fully saturated rings. The second kappa shape index (κ2) is 12.8. The van der Waals surface area contributed by atoms with E-state index in [9.17, 15) is 14.9 Å². The smallest absolute Gasteiger partial charge is 0.310 e. The fraction of sp³-hybridized carbons (Fsp3) is 0.316. The lowest BCUT2D eigenvalue weighted by Crippen LogP contribution is -2.11. The first-order valence-corrected chi connectivity index (χ1v) is 11.9. The Labute approximate surface area is 186 Å². The quantitative estimate of drug-likeness (QED) is 0.136. The molecule has 0 heterocycles. The second-order valence-corrected chi connectivity index (χ2v) is 9.26. The Balaban J connectivity index is 1.79. The maximum absolute atomic E-state index is 12.2. The molecular weight excluding hydrogens is 457 g/mol. The SMILES string of the molecule is O=C(Cc1ccccc1Cc1c(Cl)cccc1Cl)OCCSSCCO[N+](=O)[O-]. The third kappa shape index (κ3) is 8.74. The number of nitrogens with zero attached hydrogens (tertiary/aromatic N) is 1. The molecule has 0 aliphatic heterocycles. The fourth-order valence-corrected chi connectivity index (χ4v) is 4.63. The Hall–Kier alpha value is -1.61. The molecule has 0 radical (unpaired) electrons. The zero-order valence-corrected chi connectivity index (χ0v) is 18.5. The van der Waals surface area contributed by atoms with Gasteiger partial charge in [0.15, 0.2) is 0 Å². The minimum Gasteiger partial charge on any atom is -0.465 e. The number of esters is 1. The van der Waals surface area contributed by atoms with Gasteiger partial charge < -0.3 is 9.57 Å². The summed E-state index contributed by atoms with van der Waals surface area (Å²) < 4.78 is 5.28. The summed E-state index contributed by atoms with van der Waals surface area (Å²) in [6.07, 6.45) is 0.688. The number of benzene rings is 2. The van der Waals surface area contributed by atoms with E-state index in [1.807, 2.05) is 24.3 Å². The molecule has 2 aromatic carbocycles. The average Bonchev–Trinajstić information content (AvgIpc) is 2.68. The Bertz CT molecular complexity index is 818. The Kier molecular flexibility index (Phi) is 10.5. The standard InChI is InChI=1S/C19H19Cl2NO5S2/c20-17-6-3-7-18(21)16(17)12-14-4-1-2-5-15(14)13-19(23)26-8-10-28-29-11-9-27-22(24)25/h1-7H,8-13H2. The first-order valence-electron chi connectivity index (χ1n) is 8.64. The monoisotopic (exact) mass is 475 g/mol. The zero-order chi connectivity index (χ0) is 21.1. The number of halogens is 2. The van der Waals surface area contributed by atoms with Gasteiger partial charge in [-0.3, -0.25) is 4.79 Å². The molecule has 29 heavy (non-hydrogen) atoms. The molecule has 0 saturated carbocycles. The lowest BCUT2D eigenvalue weighted by atomic mass is 9.98. The van der Waals surface area contributed by atoms with Crippen LogP contribution in [0.5, 0.6) is 0 Å². The van der Waals surface area contributed by atoms with E-state index in [1.54, 1.807) is 18.2 Å². The van der Waals surface area contributed by atoms with Crippen molar-refractivity contribution in [2.24, 2.45) is 0 Å². The van der Waals surface area contributed by atoms with Crippen molar-refractivity contribution in [2.75, 3.05) is 24.7 Å². The van der Waals surface area contributed by atoms with Gasteiger partial charge >= 0.3 is 5.97 Å². The summed E-state index contributed by atoms with van der Waals surface area (Å²) in [4.78, 5) is 26.4. The van der Waals surface area contributed by atoms with Crippen LogP contribution in [0.4, 0.5) is 0 Å². The highest BCUT2D eigenvalue weighted by Gasteiger charge is 2.12. The molecule has 0 aliphatic rings. The highest BCUT2D eigenvalue weighted by atomic mass is 35.5. The van der Waals surface area contributed by atoms with Crippen molar-refractivity contribution in [3.8, 4) is 0 Å². The minimum atomic E-state index is -0.815. The van der Waals surface area contributed by atoms with Gasteiger partial charge in [0, 0.05) is 28.0 Å². The predicted octanol–water partition coefficient (Wildman–Crippen LogP) is 5.26. The predicted molar refractivity (Wildman–Crippen MR) is 118 cm³/mol. The summed E-state index contributed by atoms with van der Waals surface area (Å²) in [5.74, 6) is 0.758. The molecule has 0 N–H and O–H groups in total. The second-order valence-electron chi connectivity index (χ2n) is 5.74. The molecule has 0 saturated heterocycles. The van der Waals surface area contributed by atoms with Gasteiger partial charge in [-0.2, -0.15) is 0 Å². The van der Waals surface area contributed by atoms with E-state index in [0.29, 0.717) is 28.0 Å². The van der Waals surface area contributed by atoms with Crippen molar-refractivity contribution in [3.63, 3.8) is 0 Å². The molecular formula is C19H19Cl2NO5S2. The summed E-state index contributed by atoms with van der Waals surface area (Å²) in [6.45, 7) is 0.307. The highest BCUT2D eigenvalue weighted by Crippen LogP contribution is 2.28. The summed E-state index contributed by atoms with van der Waals surface area (Å²) >= 11 is 12.5. The molecule has 0 spiro atoms. The summed E-state index contributed by atoms with van der Waals surface area (Å²) in [6, 6.07) is 13.0. The number of hydrogen-bond donors (Lipinski definition) is 0. The Morgan fingerprint density at radius 3 is 2.24 bits per heavy atom. The molecule has 6 nitrogen and oxygen atoms in total. The van der Waals surface area contributed by atoms with E-state index in [0.717, 1.165) is 16.7 Å². The molecule has 0 unspecified atom stereocenters. The van der Waals surface area contributed by atoms with E-state index in [-0.39, 0.29) is 25.6 Å². The van der Waals surface area contributed by atoms with Gasteiger partial charge in [0.1, 0.15) is 13.2 Å². The van der Waals surface area contributed by atoms with Crippen molar-refractivity contribution in [2.45, 2.75) is 12.8 Å². The molecule has 156 valence electrons. The first-order chi connectivity index (χ1) is 14.0. The largest absolute Gasteiger partial charge is 0.465 e. The maximum Gasteiger partial charge on any atom is 0.310 e. The van der Waals surface area contributed by atoms with Gasteiger partial charge in [-0.05, 0) is 28.8 Å². The van der Waals surface area contributed by atoms with Crippen LogP contribution in [0.1, 0.15) is 16.7 Å². The third-order valence-electron chi connectivity index (χ3n) is 3.76. The van der Waals surface area contributed by atoms with Gasteiger partial charge in [-0.1, -0.05) is 75.1 Å². The fourth-order valence-electron chi connectivity index (χ4n) is 2.45. The van der Waals surface area contributed by atoms with E-state index < -0.39 is 5.09 Å². The topological polar surface area (TPSA) is 78.7 Å². The van der Waals surface area contributed by atoms with Crippen LogP contribution >= 0.6 is 44.8 Å². The van der Waals surface area contributed by atoms with E-state index in [1.165, 1.54) is 21.6 Å². The summed E-state index contributed by atoms with van der Waals surface area (Å²) in [5.41, 5.74) is 2.66. The molecule has 0 atom stereocenters. The summed E-state index contributed by atoms with van der Waals surface area (Å²) in [5, 5.41) is 10.4. The van der Waals surface area contributed by atoms with Crippen molar-refractivity contribution in [1.29, 1.82) is 0 Å². The molecule has 2 rings (SSSR count). The molecule has 0 bridgehead atoms. The van der Waals surface area contributed by atoms with Crippen LogP contribution < -0.4 is 0 Å². The van der Waals surface area contributed by atoms with Crippen molar-refractivity contribution in [3.05, 3.63) is 79.3 Å². The van der Waals surface area contributed by atoms with Gasteiger partial charge in [0.25, 0.3) is 5.09 Å². The van der Waals surface area contributed by atoms with Crippen LogP contribution in [0.3, 0.4) is 0 Å². The molecule has 0 aliphatic carbocycles. The zero-order valence-electron chi connectivity index (χ0n) is 15.3. The third-order valence-corrected chi connectivity index (χ3v) is 6.80. The molecule has 0 aromatic heterocycles. The van der Waals surface area contributed by atoms with Crippen molar-refractivity contribution < 1.29 is 19.5 Å². The Morgan fingerprint density at radius 2 is 1.59 bits per heavy atom. The van der Waals surface area contributed by atoms with Crippen LogP contribution in [0.25, 0.3) is 0 Å². The minimum absolute atomic E-state index is 0.0384. The summed E-state index contributed by atoms with van der Waals surface area (Å²) in [7, 11) is 2.90.